The first-order valence-corrected chi connectivity index (χ1v) is 6.45. The van der Waals surface area contributed by atoms with Gasteiger partial charge in [0, 0.05) is 16.4 Å². The van der Waals surface area contributed by atoms with Gasteiger partial charge in [-0.2, -0.15) is 0 Å². The summed E-state index contributed by atoms with van der Waals surface area (Å²) in [5.41, 5.74) is 2.91. The van der Waals surface area contributed by atoms with E-state index >= 15 is 0 Å². The van der Waals surface area contributed by atoms with Gasteiger partial charge in [-0.25, -0.2) is 4.39 Å². The Balaban J connectivity index is 2.24. The van der Waals surface area contributed by atoms with Gasteiger partial charge in [-0.1, -0.05) is 15.9 Å². The van der Waals surface area contributed by atoms with Crippen LogP contribution in [0.4, 0.5) is 10.1 Å². The molecule has 0 atom stereocenters. The van der Waals surface area contributed by atoms with E-state index in [9.17, 15) is 9.18 Å². The number of hydrogen-bond acceptors (Lipinski definition) is 2. The van der Waals surface area contributed by atoms with Gasteiger partial charge in [-0.05, 0) is 43.2 Å². The molecule has 1 amide bonds. The topological polar surface area (TPSA) is 42.0 Å². The number of carbonyl (C=O) groups is 1. The molecule has 98 valence electrons. The quantitative estimate of drug-likeness (QED) is 0.912. The lowest BCUT2D eigenvalue weighted by Gasteiger charge is -2.09. The van der Waals surface area contributed by atoms with Crippen LogP contribution in [0.1, 0.15) is 21.5 Å². The van der Waals surface area contributed by atoms with Gasteiger partial charge < -0.3 is 5.32 Å². The number of nitrogens with zero attached hydrogens (tertiary/aromatic N) is 1. The molecule has 0 saturated heterocycles. The number of aryl methyl sites for hydroxylation is 2. The summed E-state index contributed by atoms with van der Waals surface area (Å²) >= 11 is 3.46. The SMILES string of the molecule is Cc1cc(NC(=O)c2cncc(F)c2)cc(C)c1Br. The van der Waals surface area contributed by atoms with Crippen LogP contribution in [0, 0.1) is 19.7 Å². The van der Waals surface area contributed by atoms with E-state index in [0.29, 0.717) is 5.69 Å². The van der Waals surface area contributed by atoms with Gasteiger partial charge in [0.05, 0.1) is 11.8 Å². The van der Waals surface area contributed by atoms with Crippen LogP contribution in [0.2, 0.25) is 0 Å². The van der Waals surface area contributed by atoms with Gasteiger partial charge in [0.15, 0.2) is 0 Å². The first-order valence-electron chi connectivity index (χ1n) is 5.66. The standard InChI is InChI=1S/C14H12BrFN2O/c1-8-3-12(4-9(2)13(8)15)18-14(19)10-5-11(16)7-17-6-10/h3-7H,1-2H3,(H,18,19). The molecule has 0 bridgehead atoms. The second kappa shape index (κ2) is 5.48. The van der Waals surface area contributed by atoms with Gasteiger partial charge in [-0.3, -0.25) is 9.78 Å². The summed E-state index contributed by atoms with van der Waals surface area (Å²) in [6, 6.07) is 4.85. The maximum Gasteiger partial charge on any atom is 0.257 e. The summed E-state index contributed by atoms with van der Waals surface area (Å²) < 4.78 is 14.0. The summed E-state index contributed by atoms with van der Waals surface area (Å²) in [6.45, 7) is 3.88. The second-order valence-electron chi connectivity index (χ2n) is 4.27. The number of carbonyl (C=O) groups excluding carboxylic acids is 1. The largest absolute Gasteiger partial charge is 0.322 e. The van der Waals surface area contributed by atoms with Crippen molar-refractivity contribution < 1.29 is 9.18 Å². The van der Waals surface area contributed by atoms with Crippen molar-refractivity contribution in [3.8, 4) is 0 Å². The number of benzene rings is 1. The highest BCUT2D eigenvalue weighted by Crippen LogP contribution is 2.25. The van der Waals surface area contributed by atoms with E-state index in [1.54, 1.807) is 0 Å². The van der Waals surface area contributed by atoms with Crippen molar-refractivity contribution in [2.45, 2.75) is 13.8 Å². The number of aromatic nitrogens is 1. The van der Waals surface area contributed by atoms with Crippen LogP contribution < -0.4 is 5.32 Å². The van der Waals surface area contributed by atoms with Gasteiger partial charge >= 0.3 is 0 Å². The van der Waals surface area contributed by atoms with Crippen LogP contribution in [-0.2, 0) is 0 Å². The monoisotopic (exact) mass is 322 g/mol. The highest BCUT2D eigenvalue weighted by atomic mass is 79.9. The van der Waals surface area contributed by atoms with E-state index in [2.05, 4.69) is 26.2 Å². The Kier molecular flexibility index (Phi) is 3.95. The molecule has 0 saturated carbocycles. The molecule has 0 aliphatic heterocycles. The minimum Gasteiger partial charge on any atom is -0.322 e. The van der Waals surface area contributed by atoms with Gasteiger partial charge in [0.2, 0.25) is 0 Å². The number of amides is 1. The van der Waals surface area contributed by atoms with E-state index in [4.69, 9.17) is 0 Å². The first-order chi connectivity index (χ1) is 8.97. The fourth-order valence-electron chi connectivity index (χ4n) is 1.76. The molecule has 2 aromatic rings. The number of pyridine rings is 1. The number of halogens is 2. The van der Waals surface area contributed by atoms with E-state index in [1.807, 2.05) is 26.0 Å². The summed E-state index contributed by atoms with van der Waals surface area (Å²) in [4.78, 5) is 15.6. The fourth-order valence-corrected chi connectivity index (χ4v) is 1.99. The van der Waals surface area contributed by atoms with Crippen molar-refractivity contribution in [2.24, 2.45) is 0 Å². The first kappa shape index (κ1) is 13.7. The lowest BCUT2D eigenvalue weighted by atomic mass is 10.1. The lowest BCUT2D eigenvalue weighted by Crippen LogP contribution is -2.12. The normalized spacial score (nSPS) is 10.3. The highest BCUT2D eigenvalue weighted by molar-refractivity contribution is 9.10. The maximum absolute atomic E-state index is 13.0. The minimum absolute atomic E-state index is 0.193. The Bertz CT molecular complexity index is 620. The Morgan fingerprint density at radius 1 is 1.21 bits per heavy atom. The van der Waals surface area contributed by atoms with Crippen LogP contribution >= 0.6 is 15.9 Å². The predicted octanol–water partition coefficient (Wildman–Crippen LogP) is 3.85. The third kappa shape index (κ3) is 3.17. The third-order valence-electron chi connectivity index (χ3n) is 2.66. The molecular weight excluding hydrogens is 311 g/mol. The molecule has 1 heterocycles. The average Bonchev–Trinajstić information content (AvgIpc) is 2.36. The zero-order valence-electron chi connectivity index (χ0n) is 10.5. The van der Waals surface area contributed by atoms with Crippen LogP contribution in [0.25, 0.3) is 0 Å². The Labute approximate surface area is 119 Å². The smallest absolute Gasteiger partial charge is 0.257 e. The highest BCUT2D eigenvalue weighted by Gasteiger charge is 2.09. The summed E-state index contributed by atoms with van der Waals surface area (Å²) in [7, 11) is 0. The number of nitrogens with one attached hydrogen (secondary N) is 1. The number of rotatable bonds is 2. The van der Waals surface area contributed by atoms with Crippen molar-refractivity contribution in [2.75, 3.05) is 5.32 Å². The predicted molar refractivity (Wildman–Crippen MR) is 75.8 cm³/mol. The van der Waals surface area contributed by atoms with Crippen molar-refractivity contribution in [3.05, 3.63) is 57.6 Å². The molecule has 2 rings (SSSR count). The average molecular weight is 323 g/mol. The molecule has 0 aliphatic rings. The molecule has 19 heavy (non-hydrogen) atoms. The van der Waals surface area contributed by atoms with Gasteiger partial charge in [0.1, 0.15) is 5.82 Å². The second-order valence-corrected chi connectivity index (χ2v) is 5.06. The summed E-state index contributed by atoms with van der Waals surface area (Å²) in [5.74, 6) is -0.913. The minimum atomic E-state index is -0.532. The Morgan fingerprint density at radius 3 is 2.42 bits per heavy atom. The Morgan fingerprint density at radius 2 is 1.84 bits per heavy atom. The molecule has 3 nitrogen and oxygen atoms in total. The number of hydrogen-bond donors (Lipinski definition) is 1. The molecule has 1 aromatic heterocycles. The van der Waals surface area contributed by atoms with E-state index in [1.165, 1.54) is 6.20 Å². The summed E-state index contributed by atoms with van der Waals surface area (Å²) in [5, 5.41) is 2.73. The summed E-state index contributed by atoms with van der Waals surface area (Å²) in [6.07, 6.45) is 2.39. The van der Waals surface area contributed by atoms with Crippen LogP contribution in [0.15, 0.2) is 35.1 Å². The molecule has 0 unspecified atom stereocenters. The van der Waals surface area contributed by atoms with Crippen molar-refractivity contribution in [1.29, 1.82) is 0 Å². The molecule has 0 aliphatic carbocycles. The molecule has 1 aromatic carbocycles. The maximum atomic E-state index is 13.0. The van der Waals surface area contributed by atoms with Crippen molar-refractivity contribution >= 4 is 27.5 Å². The van der Waals surface area contributed by atoms with Gasteiger partial charge in [-0.15, -0.1) is 0 Å². The van der Waals surface area contributed by atoms with Crippen molar-refractivity contribution in [3.63, 3.8) is 0 Å². The fraction of sp³-hybridized carbons (Fsp3) is 0.143. The number of anilines is 1. The zero-order chi connectivity index (χ0) is 14.0. The molecule has 0 fully saturated rings. The van der Waals surface area contributed by atoms with E-state index < -0.39 is 5.82 Å². The van der Waals surface area contributed by atoms with Crippen LogP contribution in [0.3, 0.4) is 0 Å². The van der Waals surface area contributed by atoms with Gasteiger partial charge in [0.25, 0.3) is 5.91 Å². The van der Waals surface area contributed by atoms with Crippen LogP contribution in [-0.4, -0.2) is 10.9 Å². The molecule has 0 radical (unpaired) electrons. The molecule has 0 spiro atoms. The molecule has 1 N–H and O–H groups in total. The van der Waals surface area contributed by atoms with E-state index in [0.717, 1.165) is 27.9 Å². The molecular formula is C14H12BrFN2O. The third-order valence-corrected chi connectivity index (χ3v) is 3.91. The van der Waals surface area contributed by atoms with E-state index in [-0.39, 0.29) is 11.5 Å². The van der Waals surface area contributed by atoms with Crippen LogP contribution in [0.5, 0.6) is 0 Å². The lowest BCUT2D eigenvalue weighted by molar-refractivity contribution is 0.102. The van der Waals surface area contributed by atoms with Crippen molar-refractivity contribution in [1.82, 2.24) is 4.98 Å². The molecule has 5 heteroatoms. The Hall–Kier alpha value is -1.75. The zero-order valence-corrected chi connectivity index (χ0v) is 12.1.